The number of rotatable bonds is 6. The highest BCUT2D eigenvalue weighted by atomic mass is 16.7. The van der Waals surface area contributed by atoms with E-state index >= 15 is 0 Å². The van der Waals surface area contributed by atoms with Gasteiger partial charge in [-0.25, -0.2) is 0 Å². The van der Waals surface area contributed by atoms with Crippen molar-refractivity contribution in [2.45, 2.75) is 34.0 Å². The van der Waals surface area contributed by atoms with Crippen molar-refractivity contribution in [1.29, 1.82) is 0 Å². The van der Waals surface area contributed by atoms with Crippen LogP contribution >= 0.6 is 0 Å². The molecule has 0 aromatic carbocycles. The smallest absolute Gasteiger partial charge is 0.154 e. The van der Waals surface area contributed by atoms with E-state index in [1.54, 1.807) is 6.92 Å². The molecule has 0 radical (unpaired) electrons. The van der Waals surface area contributed by atoms with Gasteiger partial charge < -0.3 is 19.1 Å². The van der Waals surface area contributed by atoms with Crippen LogP contribution in [-0.2, 0) is 19.1 Å². The highest BCUT2D eigenvalue weighted by molar-refractivity contribution is 5.76. The summed E-state index contributed by atoms with van der Waals surface area (Å²) in [4.78, 5) is 19.0. The maximum absolute atomic E-state index is 9.50. The van der Waals surface area contributed by atoms with E-state index in [1.807, 2.05) is 20.8 Å². The molecule has 0 bridgehead atoms. The lowest BCUT2D eigenvalue weighted by Crippen LogP contribution is -2.11. The summed E-state index contributed by atoms with van der Waals surface area (Å²) in [5, 5.41) is 0. The predicted molar refractivity (Wildman–Crippen MR) is 54.0 cm³/mol. The van der Waals surface area contributed by atoms with E-state index in [-0.39, 0.29) is 6.29 Å². The SMILES string of the molecule is CC(C=O)C=O.CCOC(C)OCC. The molecule has 0 fully saturated rings. The first-order valence-corrected chi connectivity index (χ1v) is 4.76. The Bertz CT molecular complexity index is 122. The Balaban J connectivity index is 0. The zero-order valence-electron chi connectivity index (χ0n) is 9.36. The van der Waals surface area contributed by atoms with Crippen molar-refractivity contribution >= 4 is 12.6 Å². The van der Waals surface area contributed by atoms with Crippen LogP contribution in [0.5, 0.6) is 0 Å². The zero-order valence-corrected chi connectivity index (χ0v) is 9.36. The summed E-state index contributed by atoms with van der Waals surface area (Å²) in [7, 11) is 0. The Labute approximate surface area is 85.6 Å². The van der Waals surface area contributed by atoms with Crippen molar-refractivity contribution in [2.24, 2.45) is 5.92 Å². The number of carbonyl (C=O) groups excluding carboxylic acids is 2. The summed E-state index contributed by atoms with van der Waals surface area (Å²) in [6.07, 6.45) is 1.17. The third-order valence-electron chi connectivity index (χ3n) is 1.23. The molecule has 0 aromatic rings. The minimum atomic E-state index is -0.426. The Morgan fingerprint density at radius 2 is 1.36 bits per heavy atom. The fourth-order valence-corrected chi connectivity index (χ4v) is 0.550. The third-order valence-corrected chi connectivity index (χ3v) is 1.23. The van der Waals surface area contributed by atoms with Crippen LogP contribution in [0.1, 0.15) is 27.7 Å². The number of ether oxygens (including phenoxy) is 2. The van der Waals surface area contributed by atoms with Crippen LogP contribution < -0.4 is 0 Å². The van der Waals surface area contributed by atoms with Crippen molar-refractivity contribution in [3.63, 3.8) is 0 Å². The van der Waals surface area contributed by atoms with E-state index in [1.165, 1.54) is 0 Å². The molecule has 0 saturated carbocycles. The Kier molecular flexibility index (Phi) is 13.8. The van der Waals surface area contributed by atoms with Crippen LogP contribution in [-0.4, -0.2) is 32.1 Å². The van der Waals surface area contributed by atoms with Crippen molar-refractivity contribution < 1.29 is 19.1 Å². The molecule has 4 heteroatoms. The van der Waals surface area contributed by atoms with Crippen molar-refractivity contribution in [3.8, 4) is 0 Å². The second kappa shape index (κ2) is 12.3. The van der Waals surface area contributed by atoms with Crippen molar-refractivity contribution in [2.75, 3.05) is 13.2 Å². The highest BCUT2D eigenvalue weighted by Gasteiger charge is 1.94. The van der Waals surface area contributed by atoms with E-state index < -0.39 is 5.92 Å². The molecule has 0 aliphatic carbocycles. The van der Waals surface area contributed by atoms with Gasteiger partial charge in [0.1, 0.15) is 12.6 Å². The summed E-state index contributed by atoms with van der Waals surface area (Å²) in [6.45, 7) is 8.79. The van der Waals surface area contributed by atoms with E-state index in [9.17, 15) is 9.59 Å². The third kappa shape index (κ3) is 13.8. The molecule has 0 unspecified atom stereocenters. The molecular weight excluding hydrogens is 184 g/mol. The quantitative estimate of drug-likeness (QED) is 0.373. The zero-order chi connectivity index (χ0) is 11.4. The van der Waals surface area contributed by atoms with Crippen LogP contribution in [0.4, 0.5) is 0 Å². The second-order valence-electron chi connectivity index (χ2n) is 2.61. The molecule has 0 heterocycles. The Hall–Kier alpha value is -0.740. The summed E-state index contributed by atoms with van der Waals surface area (Å²) in [5.41, 5.74) is 0. The van der Waals surface area contributed by atoms with Gasteiger partial charge in [0.15, 0.2) is 6.29 Å². The highest BCUT2D eigenvalue weighted by Crippen LogP contribution is 1.90. The molecule has 0 spiro atoms. The normalized spacial score (nSPS) is 9.57. The van der Waals surface area contributed by atoms with Gasteiger partial charge in [0, 0.05) is 13.2 Å². The first-order chi connectivity index (χ1) is 6.62. The van der Waals surface area contributed by atoms with Gasteiger partial charge in [-0.1, -0.05) is 0 Å². The largest absolute Gasteiger partial charge is 0.353 e. The molecule has 84 valence electrons. The molecule has 0 N–H and O–H groups in total. The number of carbonyl (C=O) groups is 2. The lowest BCUT2D eigenvalue weighted by molar-refractivity contribution is -0.123. The lowest BCUT2D eigenvalue weighted by Gasteiger charge is -2.09. The molecule has 0 saturated heterocycles. The molecular formula is C10H20O4. The monoisotopic (exact) mass is 204 g/mol. The number of hydrogen-bond acceptors (Lipinski definition) is 4. The molecule has 0 amide bonds. The van der Waals surface area contributed by atoms with E-state index in [0.29, 0.717) is 12.6 Å². The van der Waals surface area contributed by atoms with Crippen molar-refractivity contribution in [3.05, 3.63) is 0 Å². The van der Waals surface area contributed by atoms with Crippen LogP contribution in [0, 0.1) is 5.92 Å². The molecule has 14 heavy (non-hydrogen) atoms. The topological polar surface area (TPSA) is 52.6 Å². The lowest BCUT2D eigenvalue weighted by atomic mass is 10.3. The van der Waals surface area contributed by atoms with Crippen molar-refractivity contribution in [1.82, 2.24) is 0 Å². The molecule has 0 atom stereocenters. The Morgan fingerprint density at radius 3 is 1.50 bits per heavy atom. The summed E-state index contributed by atoms with van der Waals surface area (Å²) in [6, 6.07) is 0. The van der Waals surface area contributed by atoms with Crippen LogP contribution in [0.15, 0.2) is 0 Å². The van der Waals surface area contributed by atoms with Gasteiger partial charge in [0.25, 0.3) is 0 Å². The maximum Gasteiger partial charge on any atom is 0.154 e. The van der Waals surface area contributed by atoms with Gasteiger partial charge in [0.05, 0.1) is 5.92 Å². The van der Waals surface area contributed by atoms with Gasteiger partial charge in [-0.15, -0.1) is 0 Å². The summed E-state index contributed by atoms with van der Waals surface area (Å²) >= 11 is 0. The molecule has 4 nitrogen and oxygen atoms in total. The molecule has 0 aliphatic heterocycles. The minimum absolute atomic E-state index is 0.0370. The average Bonchev–Trinajstić information content (AvgIpc) is 2.18. The predicted octanol–water partition coefficient (Wildman–Crippen LogP) is 1.43. The standard InChI is InChI=1S/C6H14O2.C4H6O2/c1-4-7-6(3)8-5-2;1-4(2-5)3-6/h6H,4-5H2,1-3H3;2-4H,1H3. The van der Waals surface area contributed by atoms with Gasteiger partial charge >= 0.3 is 0 Å². The molecule has 0 aromatic heterocycles. The fourth-order valence-electron chi connectivity index (χ4n) is 0.550. The summed E-state index contributed by atoms with van der Waals surface area (Å²) in [5.74, 6) is -0.426. The van der Waals surface area contributed by atoms with Gasteiger partial charge in [-0.05, 0) is 27.7 Å². The average molecular weight is 204 g/mol. The second-order valence-corrected chi connectivity index (χ2v) is 2.61. The summed E-state index contributed by atoms with van der Waals surface area (Å²) < 4.78 is 10.1. The maximum atomic E-state index is 9.50. The van der Waals surface area contributed by atoms with Gasteiger partial charge in [0.2, 0.25) is 0 Å². The van der Waals surface area contributed by atoms with Crippen LogP contribution in [0.2, 0.25) is 0 Å². The molecule has 0 rings (SSSR count). The van der Waals surface area contributed by atoms with Crippen LogP contribution in [0.3, 0.4) is 0 Å². The van der Waals surface area contributed by atoms with E-state index in [2.05, 4.69) is 0 Å². The number of aldehydes is 2. The fraction of sp³-hybridized carbons (Fsp3) is 0.800. The van der Waals surface area contributed by atoms with Crippen LogP contribution in [0.25, 0.3) is 0 Å². The van der Waals surface area contributed by atoms with E-state index in [0.717, 1.165) is 13.2 Å². The first kappa shape index (κ1) is 15.7. The first-order valence-electron chi connectivity index (χ1n) is 4.76. The minimum Gasteiger partial charge on any atom is -0.353 e. The Morgan fingerprint density at radius 1 is 1.00 bits per heavy atom. The van der Waals surface area contributed by atoms with Gasteiger partial charge in [-0.2, -0.15) is 0 Å². The van der Waals surface area contributed by atoms with Gasteiger partial charge in [-0.3, -0.25) is 0 Å². The molecule has 0 aliphatic rings. The number of hydrogen-bond donors (Lipinski definition) is 0. The van der Waals surface area contributed by atoms with E-state index in [4.69, 9.17) is 9.47 Å².